The second-order valence-electron chi connectivity index (χ2n) is 5.75. The second-order valence-corrected chi connectivity index (χ2v) is 5.75. The van der Waals surface area contributed by atoms with Gasteiger partial charge in [0.2, 0.25) is 0 Å². The van der Waals surface area contributed by atoms with Crippen molar-refractivity contribution in [2.75, 3.05) is 48.3 Å². The molecular weight excluding hydrogens is 428 g/mol. The smallest absolute Gasteiger partial charge is 0.0371 e. The number of nitrogen functional groups attached to an aromatic ring is 2. The summed E-state index contributed by atoms with van der Waals surface area (Å²) in [7, 11) is 0. The Bertz CT molecular complexity index is 600. The molecular formula is C18H31Cl4N5. The molecule has 0 aromatic heterocycles. The largest absolute Gasteiger partial charge is 0.399 e. The summed E-state index contributed by atoms with van der Waals surface area (Å²) in [5, 5.41) is 10.2. The van der Waals surface area contributed by atoms with Crippen LogP contribution >= 0.6 is 49.6 Å². The van der Waals surface area contributed by atoms with Crippen molar-refractivity contribution in [3.8, 4) is 0 Å². The molecule has 7 N–H and O–H groups in total. The molecule has 2 rings (SSSR count). The lowest BCUT2D eigenvalue weighted by atomic mass is 10.2. The van der Waals surface area contributed by atoms with Gasteiger partial charge in [0, 0.05) is 48.9 Å². The summed E-state index contributed by atoms with van der Waals surface area (Å²) in [4.78, 5) is 0. The molecule has 0 heterocycles. The zero-order valence-corrected chi connectivity index (χ0v) is 18.8. The van der Waals surface area contributed by atoms with Crippen LogP contribution in [-0.2, 0) is 0 Å². The maximum Gasteiger partial charge on any atom is 0.0371 e. The Hall–Kier alpha value is -1.24. The van der Waals surface area contributed by atoms with E-state index in [9.17, 15) is 0 Å². The van der Waals surface area contributed by atoms with Crippen molar-refractivity contribution in [1.82, 2.24) is 5.32 Å². The lowest BCUT2D eigenvalue weighted by Crippen LogP contribution is -2.27. The first-order chi connectivity index (χ1) is 11.1. The number of nitrogens with two attached hydrogens (primary N) is 2. The van der Waals surface area contributed by atoms with Crippen LogP contribution in [0, 0.1) is 13.8 Å². The molecule has 0 radical (unpaired) electrons. The molecule has 0 aliphatic heterocycles. The summed E-state index contributed by atoms with van der Waals surface area (Å²) in [6.07, 6.45) is 0. The zero-order valence-electron chi connectivity index (χ0n) is 15.6. The minimum Gasteiger partial charge on any atom is -0.399 e. The van der Waals surface area contributed by atoms with Crippen LogP contribution in [0.2, 0.25) is 0 Å². The van der Waals surface area contributed by atoms with Gasteiger partial charge in [-0.3, -0.25) is 0 Å². The third-order valence-corrected chi connectivity index (χ3v) is 3.74. The number of hydrogen-bond donors (Lipinski definition) is 5. The Morgan fingerprint density at radius 2 is 1.00 bits per heavy atom. The predicted molar refractivity (Wildman–Crippen MR) is 130 cm³/mol. The first kappa shape index (κ1) is 30.5. The molecule has 0 aliphatic carbocycles. The molecule has 0 amide bonds. The van der Waals surface area contributed by atoms with Gasteiger partial charge in [0.05, 0.1) is 0 Å². The lowest BCUT2D eigenvalue weighted by Gasteiger charge is -2.12. The Balaban J connectivity index is -0.00000144. The third-order valence-electron chi connectivity index (χ3n) is 3.74. The van der Waals surface area contributed by atoms with Crippen molar-refractivity contribution in [2.24, 2.45) is 0 Å². The maximum absolute atomic E-state index is 5.75. The van der Waals surface area contributed by atoms with E-state index in [0.29, 0.717) is 0 Å². The molecule has 0 aliphatic rings. The van der Waals surface area contributed by atoms with E-state index in [1.165, 1.54) is 11.1 Å². The third kappa shape index (κ3) is 10.6. The highest BCUT2D eigenvalue weighted by molar-refractivity contribution is 5.86. The van der Waals surface area contributed by atoms with Gasteiger partial charge in [-0.2, -0.15) is 0 Å². The maximum atomic E-state index is 5.75. The number of halogens is 4. The molecule has 156 valence electrons. The molecule has 0 fully saturated rings. The number of nitrogens with one attached hydrogen (secondary N) is 3. The highest BCUT2D eigenvalue weighted by Gasteiger charge is 1.99. The fourth-order valence-corrected chi connectivity index (χ4v) is 2.47. The average molecular weight is 459 g/mol. The monoisotopic (exact) mass is 457 g/mol. The molecule has 0 saturated carbocycles. The summed E-state index contributed by atoms with van der Waals surface area (Å²) in [5.74, 6) is 0. The van der Waals surface area contributed by atoms with Crippen LogP contribution in [0.5, 0.6) is 0 Å². The van der Waals surface area contributed by atoms with Crippen molar-refractivity contribution >= 4 is 72.4 Å². The van der Waals surface area contributed by atoms with Gasteiger partial charge < -0.3 is 27.4 Å². The molecule has 0 bridgehead atoms. The Labute approximate surface area is 187 Å². The Morgan fingerprint density at radius 1 is 0.630 bits per heavy atom. The summed E-state index contributed by atoms with van der Waals surface area (Å²) in [6.45, 7) is 7.70. The fourth-order valence-electron chi connectivity index (χ4n) is 2.47. The van der Waals surface area contributed by atoms with E-state index in [0.717, 1.165) is 48.9 Å². The normalized spacial score (nSPS) is 8.96. The molecule has 2 aromatic carbocycles. The number of benzene rings is 2. The van der Waals surface area contributed by atoms with Gasteiger partial charge >= 0.3 is 0 Å². The van der Waals surface area contributed by atoms with Gasteiger partial charge in [-0.25, -0.2) is 0 Å². The zero-order chi connectivity index (χ0) is 16.7. The molecule has 0 spiro atoms. The average Bonchev–Trinajstić information content (AvgIpc) is 2.50. The molecule has 0 saturated heterocycles. The van der Waals surface area contributed by atoms with Gasteiger partial charge in [-0.1, -0.05) is 0 Å². The van der Waals surface area contributed by atoms with Gasteiger partial charge in [-0.05, 0) is 61.4 Å². The van der Waals surface area contributed by atoms with Gasteiger partial charge in [0.15, 0.2) is 0 Å². The van der Waals surface area contributed by atoms with Crippen molar-refractivity contribution < 1.29 is 0 Å². The Kier molecular flexibility index (Phi) is 17.8. The highest BCUT2D eigenvalue weighted by atomic mass is 35.5. The molecule has 5 nitrogen and oxygen atoms in total. The molecule has 27 heavy (non-hydrogen) atoms. The lowest BCUT2D eigenvalue weighted by molar-refractivity contribution is 0.719. The molecule has 0 atom stereocenters. The van der Waals surface area contributed by atoms with Crippen LogP contribution in [0.3, 0.4) is 0 Å². The first-order valence-corrected chi connectivity index (χ1v) is 7.97. The Morgan fingerprint density at radius 3 is 1.33 bits per heavy atom. The first-order valence-electron chi connectivity index (χ1n) is 7.97. The fraction of sp³-hybridized carbons (Fsp3) is 0.333. The van der Waals surface area contributed by atoms with E-state index < -0.39 is 0 Å². The predicted octanol–water partition coefficient (Wildman–Crippen LogP) is 4.27. The van der Waals surface area contributed by atoms with Crippen LogP contribution in [0.15, 0.2) is 36.4 Å². The van der Waals surface area contributed by atoms with E-state index in [4.69, 9.17) is 11.5 Å². The topological polar surface area (TPSA) is 88.1 Å². The van der Waals surface area contributed by atoms with Crippen LogP contribution < -0.4 is 27.4 Å². The van der Waals surface area contributed by atoms with Crippen LogP contribution in [0.1, 0.15) is 11.1 Å². The van der Waals surface area contributed by atoms with Crippen LogP contribution in [-0.4, -0.2) is 26.2 Å². The van der Waals surface area contributed by atoms with E-state index in [-0.39, 0.29) is 49.6 Å². The minimum atomic E-state index is 0. The van der Waals surface area contributed by atoms with Crippen molar-refractivity contribution in [3.63, 3.8) is 0 Å². The summed E-state index contributed by atoms with van der Waals surface area (Å²) in [5.41, 5.74) is 17.7. The number of aryl methyl sites for hydroxylation is 2. The number of hydrogen-bond acceptors (Lipinski definition) is 5. The molecule has 0 unspecified atom stereocenters. The van der Waals surface area contributed by atoms with Crippen LogP contribution in [0.4, 0.5) is 22.7 Å². The SMILES string of the molecule is Cc1cc(N)ccc1NCCNCCNc1ccc(N)cc1C.Cl.Cl.Cl.Cl. The standard InChI is InChI=1S/C18H27N5.4ClH/c1-13-11-15(19)3-5-17(13)22-9-7-21-8-10-23-18-6-4-16(20)12-14(18)2;;;;/h3-6,11-12,21-23H,7-10,19-20H2,1-2H3;4*1H. The highest BCUT2D eigenvalue weighted by Crippen LogP contribution is 2.17. The van der Waals surface area contributed by atoms with Crippen LogP contribution in [0.25, 0.3) is 0 Å². The minimum absolute atomic E-state index is 0. The van der Waals surface area contributed by atoms with Crippen molar-refractivity contribution in [3.05, 3.63) is 47.5 Å². The summed E-state index contributed by atoms with van der Waals surface area (Å²) < 4.78 is 0. The van der Waals surface area contributed by atoms with Crippen molar-refractivity contribution in [2.45, 2.75) is 13.8 Å². The summed E-state index contributed by atoms with van der Waals surface area (Å²) in [6, 6.07) is 11.8. The van der Waals surface area contributed by atoms with Gasteiger partial charge in [0.25, 0.3) is 0 Å². The van der Waals surface area contributed by atoms with Gasteiger partial charge in [0.1, 0.15) is 0 Å². The molecule has 9 heteroatoms. The van der Waals surface area contributed by atoms with E-state index in [1.807, 2.05) is 36.4 Å². The quantitative estimate of drug-likeness (QED) is 0.301. The van der Waals surface area contributed by atoms with E-state index >= 15 is 0 Å². The number of rotatable bonds is 8. The van der Waals surface area contributed by atoms with Gasteiger partial charge in [-0.15, -0.1) is 49.6 Å². The molecule has 2 aromatic rings. The van der Waals surface area contributed by atoms with E-state index in [2.05, 4.69) is 29.8 Å². The summed E-state index contributed by atoms with van der Waals surface area (Å²) >= 11 is 0. The number of anilines is 4. The van der Waals surface area contributed by atoms with E-state index in [1.54, 1.807) is 0 Å². The second kappa shape index (κ2) is 15.8. The van der Waals surface area contributed by atoms with Crippen molar-refractivity contribution in [1.29, 1.82) is 0 Å².